The van der Waals surface area contributed by atoms with Gasteiger partial charge in [-0.15, -0.1) is 0 Å². The Kier molecular flexibility index (Phi) is 5.39. The fourth-order valence-electron chi connectivity index (χ4n) is 2.74. The zero-order valence-corrected chi connectivity index (χ0v) is 12.8. The number of alkyl halides is 1. The van der Waals surface area contributed by atoms with Gasteiger partial charge in [-0.2, -0.15) is 0 Å². The monoisotopic (exact) mass is 316 g/mol. The Morgan fingerprint density at radius 3 is 3.09 bits per heavy atom. The summed E-state index contributed by atoms with van der Waals surface area (Å²) in [6, 6.07) is 11.9. The Labute approximate surface area is 135 Å². The van der Waals surface area contributed by atoms with Crippen LogP contribution < -0.4 is 20.9 Å². The van der Waals surface area contributed by atoms with Gasteiger partial charge >= 0.3 is 0 Å². The van der Waals surface area contributed by atoms with Crippen molar-refractivity contribution in [2.45, 2.75) is 6.04 Å². The van der Waals surface area contributed by atoms with Gasteiger partial charge in [-0.25, -0.2) is 9.82 Å². The maximum Gasteiger partial charge on any atom is 0.123 e. The Balaban J connectivity index is 1.59. The zero-order valence-electron chi connectivity index (χ0n) is 12.8. The summed E-state index contributed by atoms with van der Waals surface area (Å²) in [4.78, 5) is 4.19. The molecule has 3 rings (SSSR count). The van der Waals surface area contributed by atoms with E-state index in [4.69, 9.17) is 4.74 Å². The largest absolute Gasteiger partial charge is 0.491 e. The molecule has 1 saturated heterocycles. The molecule has 1 aromatic carbocycles. The first-order valence-corrected chi connectivity index (χ1v) is 7.78. The summed E-state index contributed by atoms with van der Waals surface area (Å²) >= 11 is 0. The molecule has 3 N–H and O–H groups in total. The highest BCUT2D eigenvalue weighted by Crippen LogP contribution is 2.25. The first kappa shape index (κ1) is 15.7. The molecule has 23 heavy (non-hydrogen) atoms. The van der Waals surface area contributed by atoms with Crippen LogP contribution in [0.3, 0.4) is 0 Å². The third-order valence-corrected chi connectivity index (χ3v) is 3.89. The van der Waals surface area contributed by atoms with Gasteiger partial charge in [-0.05, 0) is 23.8 Å². The van der Waals surface area contributed by atoms with E-state index >= 15 is 0 Å². The van der Waals surface area contributed by atoms with Gasteiger partial charge in [0.1, 0.15) is 19.0 Å². The average Bonchev–Trinajstić information content (AvgIpc) is 3.08. The fourth-order valence-corrected chi connectivity index (χ4v) is 2.74. The molecule has 122 valence electrons. The number of pyridine rings is 1. The first-order chi connectivity index (χ1) is 11.4. The SMILES string of the molecule is FCCOc1cccc(NCC2CNNC2c2cccnc2)c1. The van der Waals surface area contributed by atoms with Crippen LogP contribution in [-0.2, 0) is 0 Å². The predicted molar refractivity (Wildman–Crippen MR) is 88.0 cm³/mol. The minimum absolute atomic E-state index is 0.0863. The van der Waals surface area contributed by atoms with Crippen LogP contribution in [0, 0.1) is 5.92 Å². The van der Waals surface area contributed by atoms with Crippen molar-refractivity contribution in [2.24, 2.45) is 5.92 Å². The molecule has 1 aromatic heterocycles. The topological polar surface area (TPSA) is 58.2 Å². The smallest absolute Gasteiger partial charge is 0.123 e. The second-order valence-electron chi connectivity index (χ2n) is 5.50. The highest BCUT2D eigenvalue weighted by Gasteiger charge is 2.28. The maximum atomic E-state index is 12.2. The lowest BCUT2D eigenvalue weighted by molar-refractivity contribution is 0.273. The molecule has 2 aromatic rings. The standard InChI is InChI=1S/C17H21FN4O/c18-6-8-23-16-5-1-4-15(9-16)20-11-14-12-21-22-17(14)13-3-2-7-19-10-13/h1-5,7,9-10,14,17,20-22H,6,8,11-12H2. The number of rotatable bonds is 7. The van der Waals surface area contributed by atoms with Crippen LogP contribution >= 0.6 is 0 Å². The predicted octanol–water partition coefficient (Wildman–Crippen LogP) is 2.31. The van der Waals surface area contributed by atoms with Gasteiger partial charge in [0.05, 0.1) is 6.04 Å². The van der Waals surface area contributed by atoms with Crippen molar-refractivity contribution >= 4 is 5.69 Å². The number of hydrogen-bond acceptors (Lipinski definition) is 5. The highest BCUT2D eigenvalue weighted by molar-refractivity contribution is 5.48. The summed E-state index contributed by atoms with van der Waals surface area (Å²) in [5, 5.41) is 3.43. The Morgan fingerprint density at radius 2 is 2.26 bits per heavy atom. The van der Waals surface area contributed by atoms with Gasteiger partial charge in [0.15, 0.2) is 0 Å². The van der Waals surface area contributed by atoms with Crippen molar-refractivity contribution in [1.29, 1.82) is 0 Å². The number of nitrogens with zero attached hydrogens (tertiary/aromatic N) is 1. The molecule has 0 spiro atoms. The lowest BCUT2D eigenvalue weighted by Gasteiger charge is -2.19. The van der Waals surface area contributed by atoms with Crippen LogP contribution in [0.4, 0.5) is 10.1 Å². The molecule has 2 atom stereocenters. The highest BCUT2D eigenvalue weighted by atomic mass is 19.1. The van der Waals surface area contributed by atoms with Crippen LogP contribution in [0.1, 0.15) is 11.6 Å². The van der Waals surface area contributed by atoms with Crippen LogP contribution in [0.15, 0.2) is 48.8 Å². The number of anilines is 1. The molecule has 0 bridgehead atoms. The average molecular weight is 316 g/mol. The molecule has 2 unspecified atom stereocenters. The van der Waals surface area contributed by atoms with Gasteiger partial charge in [0.25, 0.3) is 0 Å². The Bertz CT molecular complexity index is 611. The first-order valence-electron chi connectivity index (χ1n) is 7.78. The lowest BCUT2D eigenvalue weighted by Crippen LogP contribution is -2.26. The molecule has 0 aliphatic carbocycles. The number of hydrogen-bond donors (Lipinski definition) is 3. The summed E-state index contributed by atoms with van der Waals surface area (Å²) in [5.74, 6) is 1.08. The van der Waals surface area contributed by atoms with E-state index in [9.17, 15) is 4.39 Å². The van der Waals surface area contributed by atoms with Gasteiger partial charge < -0.3 is 10.1 Å². The second-order valence-corrected chi connectivity index (χ2v) is 5.50. The Hall–Kier alpha value is -2.18. The molecular formula is C17H21FN4O. The summed E-state index contributed by atoms with van der Waals surface area (Å²) < 4.78 is 17.5. The summed E-state index contributed by atoms with van der Waals surface area (Å²) in [6.45, 7) is 1.30. The van der Waals surface area contributed by atoms with Crippen molar-refractivity contribution in [3.8, 4) is 5.75 Å². The molecule has 0 amide bonds. The number of nitrogens with one attached hydrogen (secondary N) is 3. The van der Waals surface area contributed by atoms with E-state index in [1.165, 1.54) is 5.56 Å². The third kappa shape index (κ3) is 4.18. The lowest BCUT2D eigenvalue weighted by atomic mass is 9.96. The van der Waals surface area contributed by atoms with Crippen LogP contribution in [0.2, 0.25) is 0 Å². The molecule has 1 fully saturated rings. The molecular weight excluding hydrogens is 295 g/mol. The van der Waals surface area contributed by atoms with Gasteiger partial charge in [0, 0.05) is 43.2 Å². The van der Waals surface area contributed by atoms with E-state index in [2.05, 4.69) is 27.2 Å². The van der Waals surface area contributed by atoms with Crippen LogP contribution in [0.5, 0.6) is 5.75 Å². The number of benzene rings is 1. The van der Waals surface area contributed by atoms with Crippen molar-refractivity contribution in [3.63, 3.8) is 0 Å². The van der Waals surface area contributed by atoms with E-state index < -0.39 is 6.67 Å². The van der Waals surface area contributed by atoms with Crippen molar-refractivity contribution < 1.29 is 9.13 Å². The van der Waals surface area contributed by atoms with E-state index in [0.717, 1.165) is 18.8 Å². The quantitative estimate of drug-likeness (QED) is 0.732. The number of halogens is 1. The number of ether oxygens (including phenoxy) is 1. The van der Waals surface area contributed by atoms with E-state index in [0.29, 0.717) is 11.7 Å². The summed E-state index contributed by atoms with van der Waals surface area (Å²) in [6.07, 6.45) is 3.67. The third-order valence-electron chi connectivity index (χ3n) is 3.89. The number of aromatic nitrogens is 1. The van der Waals surface area contributed by atoms with E-state index in [1.807, 2.05) is 36.5 Å². The van der Waals surface area contributed by atoms with Gasteiger partial charge in [0.2, 0.25) is 0 Å². The van der Waals surface area contributed by atoms with Gasteiger partial charge in [-0.3, -0.25) is 10.4 Å². The summed E-state index contributed by atoms with van der Waals surface area (Å²) in [7, 11) is 0. The molecule has 0 radical (unpaired) electrons. The van der Waals surface area contributed by atoms with E-state index in [1.54, 1.807) is 6.20 Å². The Morgan fingerprint density at radius 1 is 1.30 bits per heavy atom. The van der Waals surface area contributed by atoms with Crippen molar-refractivity contribution in [2.75, 3.05) is 31.7 Å². The van der Waals surface area contributed by atoms with Crippen LogP contribution in [-0.4, -0.2) is 31.4 Å². The molecule has 2 heterocycles. The maximum absolute atomic E-state index is 12.2. The van der Waals surface area contributed by atoms with Crippen LogP contribution in [0.25, 0.3) is 0 Å². The second kappa shape index (κ2) is 7.89. The molecule has 1 aliphatic heterocycles. The molecule has 5 nitrogen and oxygen atoms in total. The zero-order chi connectivity index (χ0) is 15.9. The van der Waals surface area contributed by atoms with E-state index in [-0.39, 0.29) is 12.6 Å². The molecule has 1 aliphatic rings. The fraction of sp³-hybridized carbons (Fsp3) is 0.353. The summed E-state index contributed by atoms with van der Waals surface area (Å²) in [5.41, 5.74) is 8.66. The minimum atomic E-state index is -0.482. The van der Waals surface area contributed by atoms with Gasteiger partial charge in [-0.1, -0.05) is 12.1 Å². The van der Waals surface area contributed by atoms with Crippen molar-refractivity contribution in [1.82, 2.24) is 15.8 Å². The molecule has 6 heteroatoms. The normalized spacial score (nSPS) is 20.4. The number of hydrazine groups is 1. The minimum Gasteiger partial charge on any atom is -0.491 e. The molecule has 0 saturated carbocycles. The van der Waals surface area contributed by atoms with Crippen molar-refractivity contribution in [3.05, 3.63) is 54.4 Å².